The van der Waals surface area contributed by atoms with E-state index in [0.717, 1.165) is 22.4 Å². The first-order valence-electron chi connectivity index (χ1n) is 8.73. The number of rotatable bonds is 6. The lowest BCUT2D eigenvalue weighted by Crippen LogP contribution is -2.24. The fourth-order valence-electron chi connectivity index (χ4n) is 2.47. The Morgan fingerprint density at radius 2 is 1.86 bits per heavy atom. The normalized spacial score (nSPS) is 10.6. The highest BCUT2D eigenvalue weighted by atomic mass is 19.1. The number of anilines is 1. The molecule has 0 aromatic heterocycles. The van der Waals surface area contributed by atoms with Crippen molar-refractivity contribution in [1.29, 1.82) is 0 Å². The number of nitrogens with zero attached hydrogens (tertiary/aromatic N) is 1. The maximum absolute atomic E-state index is 13.2. The van der Waals surface area contributed by atoms with Crippen LogP contribution in [0, 0.1) is 12.7 Å². The number of benzene rings is 3. The zero-order chi connectivity index (χ0) is 19.8. The molecule has 28 heavy (non-hydrogen) atoms. The van der Waals surface area contributed by atoms with Crippen LogP contribution in [0.4, 0.5) is 14.9 Å². The summed E-state index contributed by atoms with van der Waals surface area (Å²) in [6.07, 6.45) is 1.54. The molecule has 0 radical (unpaired) electrons. The largest absolute Gasteiger partial charge is 0.489 e. The van der Waals surface area contributed by atoms with E-state index in [9.17, 15) is 9.18 Å². The van der Waals surface area contributed by atoms with Crippen LogP contribution in [0.3, 0.4) is 0 Å². The number of hydrogen-bond acceptors (Lipinski definition) is 3. The van der Waals surface area contributed by atoms with Crippen molar-refractivity contribution in [2.75, 3.05) is 5.32 Å². The average molecular weight is 377 g/mol. The Morgan fingerprint density at radius 3 is 2.61 bits per heavy atom. The second kappa shape index (κ2) is 9.32. The van der Waals surface area contributed by atoms with Crippen LogP contribution in [0.5, 0.6) is 5.75 Å². The van der Waals surface area contributed by atoms with Crippen LogP contribution in [-0.4, -0.2) is 12.2 Å². The highest BCUT2D eigenvalue weighted by Crippen LogP contribution is 2.14. The number of hydrogen-bond donors (Lipinski definition) is 2. The molecule has 5 nitrogen and oxygen atoms in total. The molecule has 2 N–H and O–H groups in total. The molecular weight excluding hydrogens is 357 g/mol. The summed E-state index contributed by atoms with van der Waals surface area (Å²) >= 11 is 0. The van der Waals surface area contributed by atoms with Crippen molar-refractivity contribution in [3.63, 3.8) is 0 Å². The molecule has 142 valence electrons. The van der Waals surface area contributed by atoms with Crippen LogP contribution in [0.1, 0.15) is 16.7 Å². The van der Waals surface area contributed by atoms with E-state index in [2.05, 4.69) is 15.8 Å². The summed E-state index contributed by atoms with van der Waals surface area (Å²) in [6.45, 7) is 2.20. The number of nitrogens with one attached hydrogen (secondary N) is 2. The van der Waals surface area contributed by atoms with Crippen molar-refractivity contribution in [1.82, 2.24) is 5.43 Å². The number of ether oxygens (including phenoxy) is 1. The quantitative estimate of drug-likeness (QED) is 0.476. The molecule has 0 saturated carbocycles. The van der Waals surface area contributed by atoms with Gasteiger partial charge in [0.1, 0.15) is 18.2 Å². The van der Waals surface area contributed by atoms with Crippen molar-refractivity contribution in [3.05, 3.63) is 95.3 Å². The molecule has 0 atom stereocenters. The predicted octanol–water partition coefficient (Wildman–Crippen LogP) is 4.87. The molecule has 0 bridgehead atoms. The van der Waals surface area contributed by atoms with Gasteiger partial charge >= 0.3 is 6.03 Å². The van der Waals surface area contributed by atoms with Crippen LogP contribution in [0.25, 0.3) is 0 Å². The van der Waals surface area contributed by atoms with Gasteiger partial charge in [0, 0.05) is 5.69 Å². The number of carbonyl (C=O) groups excluding carboxylic acids is 1. The SMILES string of the molecule is Cc1ccccc1NC(=O)NN=Cc1ccc(OCc2cccc(F)c2)cc1. The first kappa shape index (κ1) is 19.1. The number of amides is 2. The number of hydrazone groups is 1. The molecule has 3 aromatic carbocycles. The molecule has 0 saturated heterocycles. The highest BCUT2D eigenvalue weighted by Gasteiger charge is 2.02. The van der Waals surface area contributed by atoms with Crippen LogP contribution in [-0.2, 0) is 6.61 Å². The van der Waals surface area contributed by atoms with Crippen LogP contribution in [0.15, 0.2) is 77.9 Å². The van der Waals surface area contributed by atoms with E-state index >= 15 is 0 Å². The van der Waals surface area contributed by atoms with Gasteiger partial charge in [-0.2, -0.15) is 5.10 Å². The summed E-state index contributed by atoms with van der Waals surface area (Å²) in [5.41, 5.74) is 5.68. The Morgan fingerprint density at radius 1 is 1.07 bits per heavy atom. The zero-order valence-electron chi connectivity index (χ0n) is 15.4. The van der Waals surface area contributed by atoms with E-state index in [4.69, 9.17) is 4.74 Å². The Kier molecular flexibility index (Phi) is 6.36. The van der Waals surface area contributed by atoms with E-state index in [1.807, 2.05) is 43.3 Å². The standard InChI is InChI=1S/C22H20FN3O2/c1-16-5-2-3-8-21(16)25-22(27)26-24-14-17-9-11-20(12-10-17)28-15-18-6-4-7-19(23)13-18/h2-14H,15H2,1H3,(H2,25,26,27). The monoisotopic (exact) mass is 377 g/mol. The molecule has 0 fully saturated rings. The van der Waals surface area contributed by atoms with E-state index in [1.165, 1.54) is 18.3 Å². The van der Waals surface area contributed by atoms with Crippen molar-refractivity contribution in [2.24, 2.45) is 5.10 Å². The average Bonchev–Trinajstić information content (AvgIpc) is 2.69. The molecule has 3 rings (SSSR count). The summed E-state index contributed by atoms with van der Waals surface area (Å²) in [7, 11) is 0. The molecule has 2 amide bonds. The third-order valence-corrected chi connectivity index (χ3v) is 3.95. The number of aryl methyl sites for hydroxylation is 1. The van der Waals surface area contributed by atoms with E-state index in [1.54, 1.807) is 24.3 Å². The van der Waals surface area contributed by atoms with E-state index in [-0.39, 0.29) is 12.4 Å². The summed E-state index contributed by atoms with van der Waals surface area (Å²) in [5, 5.41) is 6.66. The Bertz CT molecular complexity index is 972. The first-order valence-corrected chi connectivity index (χ1v) is 8.73. The second-order valence-electron chi connectivity index (χ2n) is 6.13. The molecule has 0 unspecified atom stereocenters. The topological polar surface area (TPSA) is 62.7 Å². The van der Waals surface area contributed by atoms with Gasteiger partial charge in [-0.1, -0.05) is 30.3 Å². The van der Waals surface area contributed by atoms with Crippen molar-refractivity contribution >= 4 is 17.9 Å². The van der Waals surface area contributed by atoms with Gasteiger partial charge in [0.2, 0.25) is 0 Å². The summed E-state index contributed by atoms with van der Waals surface area (Å²) < 4.78 is 18.8. The molecule has 0 aliphatic heterocycles. The summed E-state index contributed by atoms with van der Waals surface area (Å²) in [4.78, 5) is 11.9. The van der Waals surface area contributed by atoms with Crippen LogP contribution < -0.4 is 15.5 Å². The number of halogens is 1. The molecular formula is C22H20FN3O2. The highest BCUT2D eigenvalue weighted by molar-refractivity contribution is 5.91. The van der Waals surface area contributed by atoms with Crippen molar-refractivity contribution in [2.45, 2.75) is 13.5 Å². The number of carbonyl (C=O) groups is 1. The van der Waals surface area contributed by atoms with Gasteiger partial charge in [0.05, 0.1) is 6.21 Å². The van der Waals surface area contributed by atoms with Crippen molar-refractivity contribution < 1.29 is 13.9 Å². The minimum absolute atomic E-state index is 0.284. The maximum Gasteiger partial charge on any atom is 0.339 e. The molecule has 0 aliphatic rings. The summed E-state index contributed by atoms with van der Waals surface area (Å²) in [5.74, 6) is 0.373. The fourth-order valence-corrected chi connectivity index (χ4v) is 2.47. The van der Waals surface area contributed by atoms with E-state index in [0.29, 0.717) is 5.75 Å². The molecule has 0 heterocycles. The maximum atomic E-state index is 13.2. The van der Waals surface area contributed by atoms with Crippen LogP contribution >= 0.6 is 0 Å². The minimum atomic E-state index is -0.416. The first-order chi connectivity index (χ1) is 13.6. The molecule has 0 spiro atoms. The van der Waals surface area contributed by atoms with Crippen molar-refractivity contribution in [3.8, 4) is 5.75 Å². The third kappa shape index (κ3) is 5.67. The second-order valence-corrected chi connectivity index (χ2v) is 6.13. The minimum Gasteiger partial charge on any atom is -0.489 e. The molecule has 0 aliphatic carbocycles. The Balaban J connectivity index is 1.48. The number of para-hydroxylation sites is 1. The summed E-state index contributed by atoms with van der Waals surface area (Å²) in [6, 6.07) is 20.6. The van der Waals surface area contributed by atoms with E-state index < -0.39 is 6.03 Å². The lowest BCUT2D eigenvalue weighted by atomic mass is 10.2. The smallest absolute Gasteiger partial charge is 0.339 e. The fraction of sp³-hybridized carbons (Fsp3) is 0.0909. The van der Waals surface area contributed by atoms with Gasteiger partial charge in [-0.25, -0.2) is 14.6 Å². The lowest BCUT2D eigenvalue weighted by Gasteiger charge is -2.07. The van der Waals surface area contributed by atoms with Crippen LogP contribution in [0.2, 0.25) is 0 Å². The third-order valence-electron chi connectivity index (χ3n) is 3.95. The van der Waals surface area contributed by atoms with Gasteiger partial charge in [0.15, 0.2) is 0 Å². The lowest BCUT2D eigenvalue weighted by molar-refractivity contribution is 0.252. The zero-order valence-corrected chi connectivity index (χ0v) is 15.4. The molecule has 3 aromatic rings. The molecule has 6 heteroatoms. The van der Waals surface area contributed by atoms with Gasteiger partial charge in [-0.3, -0.25) is 0 Å². The van der Waals surface area contributed by atoms with Gasteiger partial charge < -0.3 is 10.1 Å². The number of urea groups is 1. The van der Waals surface area contributed by atoms with Gasteiger partial charge in [0.25, 0.3) is 0 Å². The Labute approximate surface area is 162 Å². The van der Waals surface area contributed by atoms with Gasteiger partial charge in [-0.05, 0) is 66.1 Å². The Hall–Kier alpha value is -3.67. The van der Waals surface area contributed by atoms with Gasteiger partial charge in [-0.15, -0.1) is 0 Å². The predicted molar refractivity (Wildman–Crippen MR) is 108 cm³/mol.